The number of hydrogen-bond donors (Lipinski definition) is 3. The molecule has 0 radical (unpaired) electrons. The van der Waals surface area contributed by atoms with Crippen molar-refractivity contribution in [2.75, 3.05) is 31.5 Å². The SMILES string of the molecule is C[C@H]([C@H](O)c1ccc(NCCNC=O)cc1)N1CCC(Cc2ccccc2)CC1. The number of aliphatic hydroxyl groups excluding tert-OH is 1. The number of aliphatic hydroxyl groups is 1. The molecule has 5 nitrogen and oxygen atoms in total. The third-order valence-electron chi connectivity index (χ3n) is 5.98. The van der Waals surface area contributed by atoms with Gasteiger partial charge in [0.25, 0.3) is 0 Å². The zero-order chi connectivity index (χ0) is 20.5. The fourth-order valence-electron chi connectivity index (χ4n) is 4.13. The van der Waals surface area contributed by atoms with E-state index in [0.717, 1.165) is 36.7 Å². The Hall–Kier alpha value is -2.37. The summed E-state index contributed by atoms with van der Waals surface area (Å²) in [6, 6.07) is 18.8. The molecule has 1 aliphatic heterocycles. The summed E-state index contributed by atoms with van der Waals surface area (Å²) in [6.45, 7) is 5.47. The van der Waals surface area contributed by atoms with Gasteiger partial charge in [0.2, 0.25) is 6.41 Å². The number of nitrogens with one attached hydrogen (secondary N) is 2. The van der Waals surface area contributed by atoms with Gasteiger partial charge in [0, 0.05) is 24.8 Å². The van der Waals surface area contributed by atoms with E-state index in [1.165, 1.54) is 18.4 Å². The first-order chi connectivity index (χ1) is 14.2. The van der Waals surface area contributed by atoms with Gasteiger partial charge >= 0.3 is 0 Å². The maximum absolute atomic E-state index is 10.9. The molecule has 29 heavy (non-hydrogen) atoms. The Bertz CT molecular complexity index is 728. The van der Waals surface area contributed by atoms with Gasteiger partial charge in [0.1, 0.15) is 0 Å². The number of nitrogens with zero attached hydrogens (tertiary/aromatic N) is 1. The number of amides is 1. The first-order valence-electron chi connectivity index (χ1n) is 10.6. The van der Waals surface area contributed by atoms with E-state index in [4.69, 9.17) is 0 Å². The summed E-state index contributed by atoms with van der Waals surface area (Å²) in [5, 5.41) is 16.7. The van der Waals surface area contributed by atoms with Crippen molar-refractivity contribution in [2.45, 2.75) is 38.3 Å². The summed E-state index contributed by atoms with van der Waals surface area (Å²) in [6.07, 6.45) is 3.73. The summed E-state index contributed by atoms with van der Waals surface area (Å²) in [5.74, 6) is 0.733. The average molecular weight is 396 g/mol. The third kappa shape index (κ3) is 6.31. The molecule has 2 aromatic rings. The maximum Gasteiger partial charge on any atom is 0.207 e. The Balaban J connectivity index is 1.46. The van der Waals surface area contributed by atoms with Gasteiger partial charge in [-0.15, -0.1) is 0 Å². The fraction of sp³-hybridized carbons (Fsp3) is 0.458. The summed E-state index contributed by atoms with van der Waals surface area (Å²) < 4.78 is 0. The van der Waals surface area contributed by atoms with E-state index < -0.39 is 6.10 Å². The predicted molar refractivity (Wildman–Crippen MR) is 118 cm³/mol. The van der Waals surface area contributed by atoms with Crippen LogP contribution in [0.2, 0.25) is 0 Å². The predicted octanol–water partition coefficient (Wildman–Crippen LogP) is 3.22. The Morgan fingerprint density at radius 3 is 2.41 bits per heavy atom. The van der Waals surface area contributed by atoms with Gasteiger partial charge in [-0.25, -0.2) is 0 Å². The number of likely N-dealkylation sites (tertiary alicyclic amines) is 1. The zero-order valence-corrected chi connectivity index (χ0v) is 17.3. The van der Waals surface area contributed by atoms with Crippen LogP contribution in [0.4, 0.5) is 5.69 Å². The largest absolute Gasteiger partial charge is 0.387 e. The zero-order valence-electron chi connectivity index (χ0n) is 17.3. The molecule has 2 atom stereocenters. The van der Waals surface area contributed by atoms with Gasteiger partial charge in [-0.05, 0) is 68.5 Å². The molecule has 1 saturated heterocycles. The van der Waals surface area contributed by atoms with E-state index in [1.54, 1.807) is 0 Å². The molecule has 1 amide bonds. The minimum Gasteiger partial charge on any atom is -0.387 e. The molecule has 0 aromatic heterocycles. The quantitative estimate of drug-likeness (QED) is 0.427. The summed E-state index contributed by atoms with van der Waals surface area (Å²) in [4.78, 5) is 12.7. The highest BCUT2D eigenvalue weighted by Crippen LogP contribution is 2.28. The number of piperidine rings is 1. The van der Waals surface area contributed by atoms with E-state index >= 15 is 0 Å². The number of rotatable bonds is 10. The lowest BCUT2D eigenvalue weighted by atomic mass is 9.89. The van der Waals surface area contributed by atoms with Gasteiger partial charge in [-0.2, -0.15) is 0 Å². The molecule has 0 saturated carbocycles. The normalized spacial score (nSPS) is 17.4. The Labute approximate surface area is 174 Å². The number of hydrogen-bond acceptors (Lipinski definition) is 4. The minimum atomic E-state index is -0.494. The van der Waals surface area contributed by atoms with Crippen LogP contribution in [0, 0.1) is 5.92 Å². The van der Waals surface area contributed by atoms with Crippen LogP contribution in [0.15, 0.2) is 54.6 Å². The van der Waals surface area contributed by atoms with Gasteiger partial charge in [-0.1, -0.05) is 42.5 Å². The van der Waals surface area contributed by atoms with E-state index in [0.29, 0.717) is 19.5 Å². The number of carbonyl (C=O) groups excluding carboxylic acids is 1. The molecule has 3 rings (SSSR count). The van der Waals surface area contributed by atoms with Crippen molar-refractivity contribution in [1.29, 1.82) is 0 Å². The second kappa shape index (κ2) is 11.0. The summed E-state index contributed by atoms with van der Waals surface area (Å²) in [7, 11) is 0. The topological polar surface area (TPSA) is 64.6 Å². The summed E-state index contributed by atoms with van der Waals surface area (Å²) in [5.41, 5.74) is 3.36. The monoisotopic (exact) mass is 395 g/mol. The molecular weight excluding hydrogens is 362 g/mol. The minimum absolute atomic E-state index is 0.100. The van der Waals surface area contributed by atoms with Gasteiger partial charge < -0.3 is 15.7 Å². The van der Waals surface area contributed by atoms with Crippen molar-refractivity contribution in [2.24, 2.45) is 5.92 Å². The first-order valence-corrected chi connectivity index (χ1v) is 10.6. The Kier molecular flexibility index (Phi) is 8.08. The smallest absolute Gasteiger partial charge is 0.207 e. The highest BCUT2D eigenvalue weighted by Gasteiger charge is 2.27. The summed E-state index contributed by atoms with van der Waals surface area (Å²) >= 11 is 0. The van der Waals surface area contributed by atoms with Gasteiger partial charge in [0.15, 0.2) is 0 Å². The van der Waals surface area contributed by atoms with E-state index in [-0.39, 0.29) is 6.04 Å². The molecule has 1 fully saturated rings. The van der Waals surface area contributed by atoms with Crippen LogP contribution in [-0.2, 0) is 11.2 Å². The van der Waals surface area contributed by atoms with Crippen LogP contribution in [0.25, 0.3) is 0 Å². The lowest BCUT2D eigenvalue weighted by molar-refractivity contribution is -0.109. The highest BCUT2D eigenvalue weighted by molar-refractivity contribution is 5.47. The van der Waals surface area contributed by atoms with Crippen molar-refractivity contribution >= 4 is 12.1 Å². The van der Waals surface area contributed by atoms with Crippen LogP contribution in [0.1, 0.15) is 37.0 Å². The van der Waals surface area contributed by atoms with Crippen molar-refractivity contribution in [3.63, 3.8) is 0 Å². The van der Waals surface area contributed by atoms with Crippen LogP contribution in [0.3, 0.4) is 0 Å². The van der Waals surface area contributed by atoms with E-state index in [2.05, 4.69) is 52.8 Å². The molecule has 0 spiro atoms. The number of anilines is 1. The lowest BCUT2D eigenvalue weighted by Gasteiger charge is -2.38. The van der Waals surface area contributed by atoms with Crippen molar-refractivity contribution < 1.29 is 9.90 Å². The number of carbonyl (C=O) groups is 1. The van der Waals surface area contributed by atoms with Crippen molar-refractivity contribution in [3.05, 3.63) is 65.7 Å². The molecule has 0 unspecified atom stereocenters. The molecule has 2 aromatic carbocycles. The van der Waals surface area contributed by atoms with Gasteiger partial charge in [0.05, 0.1) is 6.10 Å². The van der Waals surface area contributed by atoms with Crippen LogP contribution < -0.4 is 10.6 Å². The molecule has 156 valence electrons. The molecule has 3 N–H and O–H groups in total. The standard InChI is InChI=1S/C24H33N3O2/c1-19(24(29)22-7-9-23(10-8-22)26-14-13-25-18-28)27-15-11-21(12-16-27)17-20-5-3-2-4-6-20/h2-10,18-19,21,24,26,29H,11-17H2,1H3,(H,25,28)/t19-,24+/m1/s1. The molecule has 1 heterocycles. The van der Waals surface area contributed by atoms with E-state index in [9.17, 15) is 9.90 Å². The van der Waals surface area contributed by atoms with Crippen LogP contribution in [-0.4, -0.2) is 48.6 Å². The van der Waals surface area contributed by atoms with Crippen LogP contribution in [0.5, 0.6) is 0 Å². The van der Waals surface area contributed by atoms with Crippen LogP contribution >= 0.6 is 0 Å². The second-order valence-corrected chi connectivity index (χ2v) is 7.98. The van der Waals surface area contributed by atoms with Crippen molar-refractivity contribution in [1.82, 2.24) is 10.2 Å². The van der Waals surface area contributed by atoms with Crippen molar-refractivity contribution in [3.8, 4) is 0 Å². The molecule has 1 aliphatic rings. The number of benzene rings is 2. The molecular formula is C24H33N3O2. The average Bonchev–Trinajstić information content (AvgIpc) is 2.77. The lowest BCUT2D eigenvalue weighted by Crippen LogP contribution is -2.43. The molecule has 0 bridgehead atoms. The highest BCUT2D eigenvalue weighted by atomic mass is 16.3. The second-order valence-electron chi connectivity index (χ2n) is 7.98. The Morgan fingerprint density at radius 2 is 1.76 bits per heavy atom. The van der Waals surface area contributed by atoms with Gasteiger partial charge in [-0.3, -0.25) is 9.69 Å². The van der Waals surface area contributed by atoms with E-state index in [1.807, 2.05) is 24.3 Å². The third-order valence-corrected chi connectivity index (χ3v) is 5.98. The molecule has 0 aliphatic carbocycles. The maximum atomic E-state index is 10.9. The fourth-order valence-corrected chi connectivity index (χ4v) is 4.13. The first kappa shape index (κ1) is 21.3. The molecule has 5 heteroatoms. The Morgan fingerprint density at radius 1 is 1.07 bits per heavy atom.